The number of carbonyl (C=O) groups is 3. The molecule has 4 atom stereocenters. The topological polar surface area (TPSA) is 130 Å². The minimum atomic E-state index is -3.08. The number of nitrogens with one attached hydrogen (secondary N) is 2. The average molecular weight is 971 g/mol. The maximum atomic E-state index is 14.2. The van der Waals surface area contributed by atoms with Gasteiger partial charge in [-0.05, 0) is 122 Å². The van der Waals surface area contributed by atoms with E-state index in [0.29, 0.717) is 70.3 Å². The Hall–Kier alpha value is -5.96. The Kier molecular flexibility index (Phi) is 14.9. The van der Waals surface area contributed by atoms with Crippen molar-refractivity contribution in [3.05, 3.63) is 153 Å². The fourth-order valence-electron chi connectivity index (χ4n) is 9.33. The Labute approximate surface area is 403 Å². The Morgan fingerprint density at radius 2 is 1.54 bits per heavy atom. The maximum absolute atomic E-state index is 14.2. The fourth-order valence-corrected chi connectivity index (χ4v) is 9.86. The van der Waals surface area contributed by atoms with Crippen LogP contribution < -0.4 is 24.5 Å². The number of H-pyrrole nitrogens is 1. The monoisotopic (exact) mass is 969 g/mol. The number of carbonyl (C=O) groups excluding carboxylic acids is 3. The first kappa shape index (κ1) is 47.1. The van der Waals surface area contributed by atoms with E-state index < -0.39 is 36.9 Å². The minimum Gasteiger partial charge on any atom is -0.489 e. The second-order valence-electron chi connectivity index (χ2n) is 17.9. The highest BCUT2D eigenvalue weighted by molar-refractivity contribution is 6.35. The molecule has 356 valence electrons. The summed E-state index contributed by atoms with van der Waals surface area (Å²) in [5.74, 6) is 0.231. The zero-order valence-corrected chi connectivity index (χ0v) is 38.8. The van der Waals surface area contributed by atoms with Gasteiger partial charge in [0.05, 0.1) is 12.6 Å². The molecule has 0 radical (unpaired) electrons. The molecule has 68 heavy (non-hydrogen) atoms. The first-order chi connectivity index (χ1) is 33.0. The smallest absolute Gasteiger partial charge is 0.408 e. The van der Waals surface area contributed by atoms with Crippen molar-refractivity contribution in [2.75, 3.05) is 32.8 Å². The molecule has 4 aromatic carbocycles. The molecule has 0 unspecified atom stereocenters. The molecule has 2 bridgehead atoms. The van der Waals surface area contributed by atoms with Crippen LogP contribution in [0.5, 0.6) is 17.2 Å². The molecule has 5 aliphatic rings. The highest BCUT2D eigenvalue weighted by Crippen LogP contribution is 2.39. The van der Waals surface area contributed by atoms with Gasteiger partial charge in [0.15, 0.2) is 23.9 Å². The number of halogens is 4. The summed E-state index contributed by atoms with van der Waals surface area (Å²) < 4.78 is 56.0. The molecule has 4 saturated heterocycles. The summed E-state index contributed by atoms with van der Waals surface area (Å²) in [6.45, 7) is 0.570. The van der Waals surface area contributed by atoms with Crippen LogP contribution in [-0.4, -0.2) is 79.3 Å². The summed E-state index contributed by atoms with van der Waals surface area (Å²) in [5, 5.41) is 3.73. The van der Waals surface area contributed by atoms with Crippen molar-refractivity contribution in [1.29, 1.82) is 0 Å². The lowest BCUT2D eigenvalue weighted by Crippen LogP contribution is -2.52. The summed E-state index contributed by atoms with van der Waals surface area (Å²) in [6.07, 6.45) is 6.52. The SMILES string of the molecule is O=C(N[C@@H](c1ccccc1)c1cccc(OCc2cccc(C(=O)N3CCC[C@H]3C(=O)O[C@@H](Cc3c(Cl)c[nH+]cc3Cl)c3ccc(OC(F)F)c(OCC4CC4)c3)c2)c1)O[C@H]1CN2CCC1CC2. The number of fused-ring (bicyclic) bond motifs is 3. The van der Waals surface area contributed by atoms with Gasteiger partial charge in [0.1, 0.15) is 40.7 Å². The standard InChI is InChI=1S/C52H52Cl2F2N4O8/c53-41-27-57-28-42(54)40(41)26-45(36-16-17-44(67-51(55)56)46(25-36)65-30-32-14-15-32)66-50(62)43-13-6-20-60(43)49(61)38-11-4-7-33(23-38)31-64-39-12-5-10-37(24-39)48(35-8-2-1-3-9-35)58-52(63)68-47-29-59-21-18-34(47)19-22-59/h1-5,7-12,16-17,23-25,27-28,32,34,43,45,47-48,51H,6,13-15,18-22,26,29-31H2,(H,58,63)/p+1/t43-,45-,47-,48-/m0/s1. The Morgan fingerprint density at radius 1 is 0.779 bits per heavy atom. The summed E-state index contributed by atoms with van der Waals surface area (Å²) >= 11 is 13.1. The van der Waals surface area contributed by atoms with E-state index in [9.17, 15) is 23.2 Å². The van der Waals surface area contributed by atoms with E-state index in [-0.39, 0.29) is 36.5 Å². The largest absolute Gasteiger partial charge is 0.489 e. The summed E-state index contributed by atoms with van der Waals surface area (Å²) in [7, 11) is 0. The number of hydrogen-bond acceptors (Lipinski definition) is 9. The van der Waals surface area contributed by atoms with E-state index in [0.717, 1.165) is 62.0 Å². The van der Waals surface area contributed by atoms with Gasteiger partial charge in [0.2, 0.25) is 0 Å². The third kappa shape index (κ3) is 11.6. The molecule has 0 spiro atoms. The second kappa shape index (κ2) is 21.6. The first-order valence-corrected chi connectivity index (χ1v) is 23.9. The quantitative estimate of drug-likeness (QED) is 0.0854. The van der Waals surface area contributed by atoms with Gasteiger partial charge in [-0.2, -0.15) is 8.78 Å². The van der Waals surface area contributed by atoms with E-state index >= 15 is 0 Å². The number of rotatable bonds is 18. The lowest BCUT2D eigenvalue weighted by molar-refractivity contribution is -0.377. The number of nitrogens with zero attached hydrogens (tertiary/aromatic N) is 2. The van der Waals surface area contributed by atoms with Crippen LogP contribution >= 0.6 is 23.2 Å². The molecule has 4 aliphatic heterocycles. The molecule has 10 rings (SSSR count). The molecule has 2 amide bonds. The molecular weight excluding hydrogens is 917 g/mol. The van der Waals surface area contributed by atoms with Crippen LogP contribution in [0.1, 0.15) is 88.8 Å². The molecule has 5 fully saturated rings. The number of ether oxygens (including phenoxy) is 5. The molecule has 5 aromatic rings. The van der Waals surface area contributed by atoms with Crippen molar-refractivity contribution in [3.8, 4) is 17.2 Å². The average Bonchev–Trinajstić information content (AvgIpc) is 4.05. The van der Waals surface area contributed by atoms with Crippen LogP contribution in [0, 0.1) is 11.8 Å². The van der Waals surface area contributed by atoms with Gasteiger partial charge in [0, 0.05) is 30.6 Å². The van der Waals surface area contributed by atoms with E-state index in [1.54, 1.807) is 30.6 Å². The van der Waals surface area contributed by atoms with Crippen LogP contribution in [0.25, 0.3) is 0 Å². The predicted molar refractivity (Wildman–Crippen MR) is 249 cm³/mol. The van der Waals surface area contributed by atoms with Crippen LogP contribution in [-0.2, 0) is 27.3 Å². The second-order valence-corrected chi connectivity index (χ2v) is 18.7. The van der Waals surface area contributed by atoms with Gasteiger partial charge in [0.25, 0.3) is 5.91 Å². The van der Waals surface area contributed by atoms with Gasteiger partial charge in [-0.3, -0.25) is 9.69 Å². The number of alkyl halides is 2. The van der Waals surface area contributed by atoms with Crippen LogP contribution in [0.2, 0.25) is 10.0 Å². The van der Waals surface area contributed by atoms with Crippen LogP contribution in [0.15, 0.2) is 109 Å². The van der Waals surface area contributed by atoms with Gasteiger partial charge in [-0.1, -0.05) is 83.9 Å². The predicted octanol–water partition coefficient (Wildman–Crippen LogP) is 9.82. The number of alkyl carbamates (subject to hydrolysis) is 1. The minimum absolute atomic E-state index is 0.0382. The number of amides is 2. The van der Waals surface area contributed by atoms with Gasteiger partial charge >= 0.3 is 18.7 Å². The van der Waals surface area contributed by atoms with E-state index in [1.165, 1.54) is 23.1 Å². The number of hydrogen-bond donors (Lipinski definition) is 1. The highest BCUT2D eigenvalue weighted by atomic mass is 35.5. The molecule has 5 heterocycles. The number of aromatic nitrogens is 1. The van der Waals surface area contributed by atoms with Gasteiger partial charge in [-0.25, -0.2) is 14.6 Å². The Bertz CT molecular complexity index is 2560. The van der Waals surface area contributed by atoms with Gasteiger partial charge < -0.3 is 33.9 Å². The normalized spacial score (nSPS) is 20.6. The zero-order valence-electron chi connectivity index (χ0n) is 37.3. The summed E-state index contributed by atoms with van der Waals surface area (Å²) in [6, 6.07) is 27.4. The van der Waals surface area contributed by atoms with E-state index in [4.69, 9.17) is 46.9 Å². The third-order valence-electron chi connectivity index (χ3n) is 13.2. The van der Waals surface area contributed by atoms with Crippen molar-refractivity contribution in [3.63, 3.8) is 0 Å². The van der Waals surface area contributed by atoms with Crippen molar-refractivity contribution >= 4 is 41.2 Å². The molecule has 1 saturated carbocycles. The molecule has 12 nitrogen and oxygen atoms in total. The molecule has 2 N–H and O–H groups in total. The van der Waals surface area contributed by atoms with Crippen molar-refractivity contribution < 1.29 is 51.8 Å². The van der Waals surface area contributed by atoms with Crippen molar-refractivity contribution in [2.45, 2.75) is 82.5 Å². The third-order valence-corrected chi connectivity index (χ3v) is 13.9. The van der Waals surface area contributed by atoms with Crippen molar-refractivity contribution in [2.24, 2.45) is 11.8 Å². The van der Waals surface area contributed by atoms with Gasteiger partial charge in [-0.15, -0.1) is 0 Å². The highest BCUT2D eigenvalue weighted by Gasteiger charge is 2.39. The fraction of sp³-hybridized carbons (Fsp3) is 0.385. The number of benzene rings is 4. The molecule has 16 heteroatoms. The lowest BCUT2D eigenvalue weighted by Gasteiger charge is -2.43. The van der Waals surface area contributed by atoms with Crippen molar-refractivity contribution in [1.82, 2.24) is 15.1 Å². The number of piperidine rings is 3. The molecule has 1 aromatic heterocycles. The Morgan fingerprint density at radius 3 is 2.28 bits per heavy atom. The lowest BCUT2D eigenvalue weighted by atomic mass is 9.86. The number of pyridine rings is 1. The van der Waals surface area contributed by atoms with E-state index in [2.05, 4.69) is 15.2 Å². The van der Waals surface area contributed by atoms with E-state index in [1.807, 2.05) is 60.7 Å². The molecular formula is C52H53Cl2F2N4O8+. The van der Waals surface area contributed by atoms with Crippen LogP contribution in [0.4, 0.5) is 13.6 Å². The summed E-state index contributed by atoms with van der Waals surface area (Å²) in [5.41, 5.74) is 3.74. The Balaban J connectivity index is 0.878. The van der Waals surface area contributed by atoms with Crippen LogP contribution in [0.3, 0.4) is 0 Å². The number of aromatic amines is 1. The maximum Gasteiger partial charge on any atom is 0.408 e. The first-order valence-electron chi connectivity index (χ1n) is 23.2. The zero-order chi connectivity index (χ0) is 47.1. The number of esters is 1. The number of likely N-dealkylation sites (tertiary alicyclic amines) is 1. The summed E-state index contributed by atoms with van der Waals surface area (Å²) in [4.78, 5) is 48.6. The molecule has 1 aliphatic carbocycles.